The molecular weight excluding hydrogens is 477 g/mol. The third kappa shape index (κ3) is 5.39. The molecule has 3 atom stereocenters. The number of rotatable bonds is 8. The molecule has 1 saturated heterocycles. The molecule has 8 nitrogen and oxygen atoms in total. The Morgan fingerprint density at radius 1 is 1.14 bits per heavy atom. The second-order valence-corrected chi connectivity index (χ2v) is 9.13. The molecule has 36 heavy (non-hydrogen) atoms. The van der Waals surface area contributed by atoms with Crippen molar-refractivity contribution in [2.45, 2.75) is 42.6 Å². The summed E-state index contributed by atoms with van der Waals surface area (Å²) < 4.78 is 44.6. The molecule has 1 heterocycles. The predicted octanol–water partition coefficient (Wildman–Crippen LogP) is 2.20. The Morgan fingerprint density at radius 3 is 2.39 bits per heavy atom. The summed E-state index contributed by atoms with van der Waals surface area (Å²) in [6.07, 6.45) is -5.55. The van der Waals surface area contributed by atoms with Crippen LogP contribution < -0.4 is 16.9 Å². The van der Waals surface area contributed by atoms with Crippen molar-refractivity contribution in [2.75, 3.05) is 26.3 Å². The van der Waals surface area contributed by atoms with Crippen molar-refractivity contribution < 1.29 is 32.3 Å². The maximum Gasteiger partial charge on any atom is 0.418 e. The zero-order valence-electron chi connectivity index (χ0n) is 19.5. The van der Waals surface area contributed by atoms with Crippen molar-refractivity contribution in [3.8, 4) is 0 Å². The Balaban J connectivity index is 1.39. The molecule has 0 aromatic heterocycles. The fraction of sp³-hybridized carbons (Fsp3) is 0.440. The van der Waals surface area contributed by atoms with Gasteiger partial charge in [0.15, 0.2) is 6.10 Å². The second-order valence-electron chi connectivity index (χ2n) is 9.13. The standard InChI is InChI=1S/C25H29F3N4O4/c26-25(27,28)21(36-30)20(29)16-6-8-17(9-7-16)22(33)31-14-19-15-35-13-12-32(19)23(34)24(10-11-24)18-4-2-1-3-5-18/h1-9,19-21H,10-15,29-30H2,(H,31,33)/t19-,20?,21+/m0/s1. The lowest BCUT2D eigenvalue weighted by molar-refractivity contribution is -0.228. The number of benzene rings is 2. The van der Waals surface area contributed by atoms with Crippen LogP contribution >= 0.6 is 0 Å². The number of hydrogen-bond donors (Lipinski definition) is 3. The molecule has 0 spiro atoms. The van der Waals surface area contributed by atoms with E-state index in [4.69, 9.17) is 16.4 Å². The Morgan fingerprint density at radius 2 is 1.81 bits per heavy atom. The van der Waals surface area contributed by atoms with Gasteiger partial charge < -0.3 is 20.7 Å². The molecule has 2 aromatic rings. The third-order valence-electron chi connectivity index (χ3n) is 6.83. The number of nitrogens with zero attached hydrogens (tertiary/aromatic N) is 1. The summed E-state index contributed by atoms with van der Waals surface area (Å²) in [5.41, 5.74) is 6.50. The van der Waals surface area contributed by atoms with E-state index in [0.717, 1.165) is 18.4 Å². The molecule has 5 N–H and O–H groups in total. The lowest BCUT2D eigenvalue weighted by Crippen LogP contribution is -2.56. The highest BCUT2D eigenvalue weighted by molar-refractivity contribution is 5.94. The maximum absolute atomic E-state index is 13.5. The molecule has 2 fully saturated rings. The van der Waals surface area contributed by atoms with Gasteiger partial charge in [-0.2, -0.15) is 13.2 Å². The van der Waals surface area contributed by atoms with Crippen LogP contribution in [0.4, 0.5) is 13.2 Å². The van der Waals surface area contributed by atoms with Gasteiger partial charge in [0, 0.05) is 18.7 Å². The number of nitrogens with two attached hydrogens (primary N) is 2. The number of hydrogen-bond acceptors (Lipinski definition) is 6. The number of morpholine rings is 1. The van der Waals surface area contributed by atoms with Gasteiger partial charge in [-0.05, 0) is 36.1 Å². The summed E-state index contributed by atoms with van der Waals surface area (Å²) in [5, 5.41) is 2.80. The predicted molar refractivity (Wildman–Crippen MR) is 124 cm³/mol. The van der Waals surface area contributed by atoms with Crippen LogP contribution in [0.1, 0.15) is 40.4 Å². The van der Waals surface area contributed by atoms with Crippen LogP contribution in [0.2, 0.25) is 0 Å². The third-order valence-corrected chi connectivity index (χ3v) is 6.83. The Bertz CT molecular complexity index is 1060. The van der Waals surface area contributed by atoms with E-state index in [9.17, 15) is 22.8 Å². The van der Waals surface area contributed by atoms with E-state index in [-0.39, 0.29) is 29.6 Å². The summed E-state index contributed by atoms with van der Waals surface area (Å²) in [6, 6.07) is 13.2. The monoisotopic (exact) mass is 506 g/mol. The summed E-state index contributed by atoms with van der Waals surface area (Å²) in [7, 11) is 0. The van der Waals surface area contributed by atoms with E-state index in [1.807, 2.05) is 30.3 Å². The van der Waals surface area contributed by atoms with E-state index in [0.29, 0.717) is 19.8 Å². The van der Waals surface area contributed by atoms with Gasteiger partial charge in [0.2, 0.25) is 5.91 Å². The quantitative estimate of drug-likeness (QED) is 0.473. The average Bonchev–Trinajstić information content (AvgIpc) is 3.69. The van der Waals surface area contributed by atoms with Crippen molar-refractivity contribution in [3.05, 3.63) is 71.3 Å². The SMILES string of the molecule is NO[C@H](C(N)c1ccc(C(=O)NC[C@H]2COCCN2C(=O)C2(c3ccccc3)CC2)cc1)C(F)(F)F. The van der Waals surface area contributed by atoms with E-state index in [1.54, 1.807) is 4.90 Å². The van der Waals surface area contributed by atoms with Crippen LogP contribution in [-0.2, 0) is 19.8 Å². The first-order valence-electron chi connectivity index (χ1n) is 11.7. The second kappa shape index (κ2) is 10.6. The Labute approximate surface area is 206 Å². The van der Waals surface area contributed by atoms with Gasteiger partial charge in [-0.1, -0.05) is 42.5 Å². The van der Waals surface area contributed by atoms with Gasteiger partial charge in [0.25, 0.3) is 5.91 Å². The Kier molecular flexibility index (Phi) is 7.65. The first kappa shape index (κ1) is 26.1. The fourth-order valence-electron chi connectivity index (χ4n) is 4.58. The van der Waals surface area contributed by atoms with Gasteiger partial charge in [-0.15, -0.1) is 0 Å². The molecule has 1 unspecified atom stereocenters. The van der Waals surface area contributed by atoms with Crippen molar-refractivity contribution in [1.29, 1.82) is 0 Å². The van der Waals surface area contributed by atoms with Crippen molar-refractivity contribution >= 4 is 11.8 Å². The van der Waals surface area contributed by atoms with Crippen LogP contribution in [0, 0.1) is 0 Å². The first-order chi connectivity index (χ1) is 17.2. The molecule has 4 rings (SSSR count). The number of halogens is 3. The maximum atomic E-state index is 13.5. The summed E-state index contributed by atoms with van der Waals surface area (Å²) >= 11 is 0. The average molecular weight is 507 g/mol. The number of ether oxygens (including phenoxy) is 1. The lowest BCUT2D eigenvalue weighted by Gasteiger charge is -2.38. The minimum atomic E-state index is -4.74. The van der Waals surface area contributed by atoms with Gasteiger partial charge in [-0.25, -0.2) is 5.90 Å². The molecule has 0 bridgehead atoms. The molecule has 2 aromatic carbocycles. The number of alkyl halides is 3. The number of amides is 2. The molecule has 1 aliphatic carbocycles. The van der Waals surface area contributed by atoms with Gasteiger partial charge in [0.05, 0.1) is 30.7 Å². The fourth-order valence-corrected chi connectivity index (χ4v) is 4.58. The van der Waals surface area contributed by atoms with Crippen LogP contribution in [0.5, 0.6) is 0 Å². The van der Waals surface area contributed by atoms with Gasteiger partial charge >= 0.3 is 6.18 Å². The lowest BCUT2D eigenvalue weighted by atomic mass is 9.93. The molecule has 0 radical (unpaired) electrons. The van der Waals surface area contributed by atoms with Gasteiger partial charge in [0.1, 0.15) is 0 Å². The molecular formula is C25H29F3N4O4. The van der Waals surface area contributed by atoms with Crippen LogP contribution in [0.3, 0.4) is 0 Å². The minimum Gasteiger partial charge on any atom is -0.377 e. The molecule has 1 saturated carbocycles. The zero-order valence-corrected chi connectivity index (χ0v) is 19.5. The molecule has 1 aliphatic heterocycles. The number of carbonyl (C=O) groups excluding carboxylic acids is 2. The molecule has 194 valence electrons. The van der Waals surface area contributed by atoms with Crippen molar-refractivity contribution in [1.82, 2.24) is 10.2 Å². The largest absolute Gasteiger partial charge is 0.418 e. The molecule has 11 heteroatoms. The summed E-state index contributed by atoms with van der Waals surface area (Å²) in [6.45, 7) is 1.33. The van der Waals surface area contributed by atoms with Crippen LogP contribution in [0.25, 0.3) is 0 Å². The van der Waals surface area contributed by atoms with Crippen LogP contribution in [0.15, 0.2) is 54.6 Å². The molecule has 2 amide bonds. The normalized spacial score (nSPS) is 20.9. The van der Waals surface area contributed by atoms with Crippen LogP contribution in [-0.4, -0.2) is 61.3 Å². The summed E-state index contributed by atoms with van der Waals surface area (Å²) in [4.78, 5) is 32.0. The highest BCUT2D eigenvalue weighted by atomic mass is 19.4. The van der Waals surface area contributed by atoms with Gasteiger partial charge in [-0.3, -0.25) is 14.4 Å². The topological polar surface area (TPSA) is 120 Å². The highest BCUT2D eigenvalue weighted by Crippen LogP contribution is 2.50. The highest BCUT2D eigenvalue weighted by Gasteiger charge is 2.54. The number of nitrogens with one attached hydrogen (secondary N) is 1. The molecule has 2 aliphatic rings. The number of carbonyl (C=O) groups is 2. The zero-order chi connectivity index (χ0) is 25.9. The smallest absolute Gasteiger partial charge is 0.377 e. The van der Waals surface area contributed by atoms with E-state index >= 15 is 0 Å². The van der Waals surface area contributed by atoms with E-state index in [2.05, 4.69) is 10.2 Å². The first-order valence-corrected chi connectivity index (χ1v) is 11.7. The Hall–Kier alpha value is -2.99. The van der Waals surface area contributed by atoms with Crippen molar-refractivity contribution in [2.24, 2.45) is 11.6 Å². The minimum absolute atomic E-state index is 0.0379. The van der Waals surface area contributed by atoms with E-state index < -0.39 is 29.6 Å². The summed E-state index contributed by atoms with van der Waals surface area (Å²) in [5.74, 6) is 4.39. The van der Waals surface area contributed by atoms with E-state index in [1.165, 1.54) is 24.3 Å². The van der Waals surface area contributed by atoms with Crippen molar-refractivity contribution in [3.63, 3.8) is 0 Å².